The second-order valence-electron chi connectivity index (χ2n) is 6.43. The smallest absolute Gasteiger partial charge is 0.254 e. The zero-order valence-electron chi connectivity index (χ0n) is 16.0. The van der Waals surface area contributed by atoms with Crippen LogP contribution in [0, 0.1) is 0 Å². The third-order valence-electron chi connectivity index (χ3n) is 4.48. The van der Waals surface area contributed by atoms with E-state index in [1.54, 1.807) is 18.9 Å². The molecule has 0 saturated heterocycles. The lowest BCUT2D eigenvalue weighted by Crippen LogP contribution is -1.98. The average Bonchev–Trinajstić information content (AvgIpc) is 3.17. The first kappa shape index (κ1) is 18.5. The van der Waals surface area contributed by atoms with Crippen molar-refractivity contribution >= 4 is 17.5 Å². The molecule has 2 aromatic carbocycles. The van der Waals surface area contributed by atoms with Crippen LogP contribution < -0.4 is 4.74 Å². The third-order valence-corrected chi connectivity index (χ3v) is 5.40. The minimum Gasteiger partial charge on any atom is -0.497 e. The van der Waals surface area contributed by atoms with E-state index in [0.29, 0.717) is 5.78 Å². The number of thioether (sulfide) groups is 1. The van der Waals surface area contributed by atoms with Crippen molar-refractivity contribution in [2.24, 2.45) is 0 Å². The van der Waals surface area contributed by atoms with Crippen LogP contribution in [-0.2, 0) is 0 Å². The number of ether oxygens (including phenoxy) is 1. The van der Waals surface area contributed by atoms with E-state index in [4.69, 9.17) is 14.8 Å². The zero-order chi connectivity index (χ0) is 19.3. The van der Waals surface area contributed by atoms with Gasteiger partial charge in [0.1, 0.15) is 5.75 Å². The molecule has 0 aliphatic rings. The van der Waals surface area contributed by atoms with Gasteiger partial charge in [-0.25, -0.2) is 4.98 Å². The van der Waals surface area contributed by atoms with E-state index < -0.39 is 0 Å². The highest BCUT2D eigenvalue weighted by molar-refractivity contribution is 7.99. The molecule has 0 bridgehead atoms. The van der Waals surface area contributed by atoms with Crippen LogP contribution in [0.2, 0.25) is 0 Å². The molecule has 4 aromatic rings. The summed E-state index contributed by atoms with van der Waals surface area (Å²) in [4.78, 5) is 9.44. The molecule has 0 saturated carbocycles. The maximum Gasteiger partial charge on any atom is 0.254 e. The van der Waals surface area contributed by atoms with E-state index in [-0.39, 0.29) is 0 Å². The Morgan fingerprint density at radius 1 is 0.964 bits per heavy atom. The molecular formula is C22H22N4OS. The van der Waals surface area contributed by atoms with Crippen LogP contribution in [0.3, 0.4) is 0 Å². The number of rotatable bonds is 7. The molecule has 0 atom stereocenters. The number of fused-ring (bicyclic) bond motifs is 1. The summed E-state index contributed by atoms with van der Waals surface area (Å²) >= 11 is 1.68. The number of benzene rings is 2. The summed E-state index contributed by atoms with van der Waals surface area (Å²) in [6.07, 6.45) is 2.31. The van der Waals surface area contributed by atoms with Gasteiger partial charge in [-0.1, -0.05) is 55.4 Å². The Morgan fingerprint density at radius 3 is 2.46 bits per heavy atom. The number of methoxy groups -OCH3 is 1. The fraction of sp³-hybridized carbons (Fsp3) is 0.227. The third kappa shape index (κ3) is 3.87. The highest BCUT2D eigenvalue weighted by Crippen LogP contribution is 2.28. The van der Waals surface area contributed by atoms with Crippen molar-refractivity contribution in [1.82, 2.24) is 19.6 Å². The Balaban J connectivity index is 1.82. The molecule has 0 aliphatic carbocycles. The highest BCUT2D eigenvalue weighted by Gasteiger charge is 2.14. The minimum absolute atomic E-state index is 0.617. The molecule has 28 heavy (non-hydrogen) atoms. The highest BCUT2D eigenvalue weighted by atomic mass is 32.2. The number of aromatic nitrogens is 4. The molecule has 0 radical (unpaired) electrons. The molecule has 142 valence electrons. The van der Waals surface area contributed by atoms with Crippen LogP contribution in [0.15, 0.2) is 65.8 Å². The molecule has 6 heteroatoms. The minimum atomic E-state index is 0.617. The predicted octanol–water partition coefficient (Wildman–Crippen LogP) is 5.36. The van der Waals surface area contributed by atoms with Crippen LogP contribution in [-0.4, -0.2) is 32.4 Å². The summed E-state index contributed by atoms with van der Waals surface area (Å²) < 4.78 is 7.11. The van der Waals surface area contributed by atoms with Crippen molar-refractivity contribution in [2.75, 3.05) is 12.9 Å². The van der Waals surface area contributed by atoms with E-state index in [1.807, 2.05) is 47.0 Å². The molecule has 4 rings (SSSR count). The lowest BCUT2D eigenvalue weighted by atomic mass is 10.1. The summed E-state index contributed by atoms with van der Waals surface area (Å²) in [5.41, 5.74) is 3.95. The largest absolute Gasteiger partial charge is 0.497 e. The second-order valence-corrected chi connectivity index (χ2v) is 7.49. The summed E-state index contributed by atoms with van der Waals surface area (Å²) in [6.45, 7) is 2.19. The molecule has 0 amide bonds. The van der Waals surface area contributed by atoms with Crippen LogP contribution >= 0.6 is 11.8 Å². The van der Waals surface area contributed by atoms with Gasteiger partial charge in [0, 0.05) is 16.9 Å². The van der Waals surface area contributed by atoms with Crippen molar-refractivity contribution < 1.29 is 4.74 Å². The van der Waals surface area contributed by atoms with Gasteiger partial charge in [-0.2, -0.15) is 9.50 Å². The molecule has 0 aliphatic heterocycles. The van der Waals surface area contributed by atoms with Gasteiger partial charge in [0.2, 0.25) is 5.16 Å². The standard InChI is InChI=1S/C22H22N4OS/c1-3-4-14-28-22-24-21-23-19(16-10-12-18(27-2)13-11-16)15-20(26(21)25-22)17-8-6-5-7-9-17/h5-13,15H,3-4,14H2,1-2H3. The summed E-state index contributed by atoms with van der Waals surface area (Å²) in [5, 5.41) is 5.48. The van der Waals surface area contributed by atoms with Crippen LogP contribution in [0.1, 0.15) is 19.8 Å². The lowest BCUT2D eigenvalue weighted by Gasteiger charge is -2.08. The van der Waals surface area contributed by atoms with Gasteiger partial charge in [0.05, 0.1) is 18.5 Å². The molecule has 0 N–H and O–H groups in total. The first-order valence-corrected chi connectivity index (χ1v) is 10.4. The fourth-order valence-corrected chi connectivity index (χ4v) is 3.84. The van der Waals surface area contributed by atoms with Crippen molar-refractivity contribution in [2.45, 2.75) is 24.9 Å². The Kier molecular flexibility index (Phi) is 5.58. The Morgan fingerprint density at radius 2 is 1.75 bits per heavy atom. The molecule has 0 spiro atoms. The molecule has 2 heterocycles. The zero-order valence-corrected chi connectivity index (χ0v) is 16.8. The number of nitrogens with zero attached hydrogens (tertiary/aromatic N) is 4. The fourth-order valence-electron chi connectivity index (χ4n) is 2.94. The van der Waals surface area contributed by atoms with Gasteiger partial charge in [0.25, 0.3) is 5.78 Å². The second kappa shape index (κ2) is 8.44. The van der Waals surface area contributed by atoms with E-state index in [2.05, 4.69) is 30.1 Å². The Bertz CT molecular complexity index is 1060. The molecule has 2 aromatic heterocycles. The SMILES string of the molecule is CCCCSc1nc2nc(-c3ccc(OC)cc3)cc(-c3ccccc3)n2n1. The quantitative estimate of drug-likeness (QED) is 0.314. The van der Waals surface area contributed by atoms with Gasteiger partial charge in [-0.3, -0.25) is 0 Å². The molecular weight excluding hydrogens is 368 g/mol. The van der Waals surface area contributed by atoms with Crippen molar-refractivity contribution in [3.05, 3.63) is 60.7 Å². The van der Waals surface area contributed by atoms with E-state index in [1.165, 1.54) is 0 Å². The monoisotopic (exact) mass is 390 g/mol. The van der Waals surface area contributed by atoms with E-state index in [0.717, 1.165) is 52.0 Å². The topological polar surface area (TPSA) is 52.3 Å². The van der Waals surface area contributed by atoms with Crippen LogP contribution in [0.4, 0.5) is 0 Å². The molecule has 0 fully saturated rings. The van der Waals surface area contributed by atoms with Crippen molar-refractivity contribution in [3.8, 4) is 28.3 Å². The normalized spacial score (nSPS) is 11.1. The first-order valence-electron chi connectivity index (χ1n) is 9.39. The summed E-state index contributed by atoms with van der Waals surface area (Å²) in [7, 11) is 1.67. The number of unbranched alkanes of at least 4 members (excludes halogenated alkanes) is 1. The maximum absolute atomic E-state index is 5.27. The van der Waals surface area contributed by atoms with Crippen LogP contribution in [0.25, 0.3) is 28.3 Å². The number of hydrogen-bond donors (Lipinski definition) is 0. The first-order chi connectivity index (χ1) is 13.8. The van der Waals surface area contributed by atoms with Crippen molar-refractivity contribution in [1.29, 1.82) is 0 Å². The molecule has 5 nitrogen and oxygen atoms in total. The maximum atomic E-state index is 5.27. The summed E-state index contributed by atoms with van der Waals surface area (Å²) in [5.74, 6) is 2.45. The van der Waals surface area contributed by atoms with Crippen molar-refractivity contribution in [3.63, 3.8) is 0 Å². The predicted molar refractivity (Wildman–Crippen MR) is 114 cm³/mol. The van der Waals surface area contributed by atoms with Gasteiger partial charge in [-0.15, -0.1) is 5.10 Å². The van der Waals surface area contributed by atoms with Crippen LogP contribution in [0.5, 0.6) is 5.75 Å². The summed E-state index contributed by atoms with van der Waals surface area (Å²) in [6, 6.07) is 20.2. The Hall–Kier alpha value is -2.86. The average molecular weight is 391 g/mol. The van der Waals surface area contributed by atoms with Gasteiger partial charge in [-0.05, 0) is 36.8 Å². The Labute approximate surface area is 168 Å². The van der Waals surface area contributed by atoms with E-state index >= 15 is 0 Å². The van der Waals surface area contributed by atoms with Gasteiger partial charge in [0.15, 0.2) is 0 Å². The van der Waals surface area contributed by atoms with Gasteiger partial charge >= 0.3 is 0 Å². The number of hydrogen-bond acceptors (Lipinski definition) is 5. The lowest BCUT2D eigenvalue weighted by molar-refractivity contribution is 0.415. The molecule has 0 unspecified atom stereocenters. The van der Waals surface area contributed by atoms with E-state index in [9.17, 15) is 0 Å². The van der Waals surface area contributed by atoms with Gasteiger partial charge < -0.3 is 4.74 Å².